The van der Waals surface area contributed by atoms with Crippen molar-refractivity contribution >= 4 is 29.0 Å². The van der Waals surface area contributed by atoms with E-state index in [0.29, 0.717) is 5.70 Å². The summed E-state index contributed by atoms with van der Waals surface area (Å²) in [6.45, 7) is 0. The van der Waals surface area contributed by atoms with Crippen LogP contribution in [0.1, 0.15) is 5.56 Å². The van der Waals surface area contributed by atoms with E-state index in [2.05, 4.69) is 20.3 Å². The van der Waals surface area contributed by atoms with Gasteiger partial charge in [0, 0.05) is 23.3 Å². The fourth-order valence-corrected chi connectivity index (χ4v) is 1.73. The SMILES string of the molecule is NC1=NC(=Cc2c[nH]c3ncccc23)C(=O)N1. The van der Waals surface area contributed by atoms with E-state index < -0.39 is 0 Å². The minimum Gasteiger partial charge on any atom is -0.369 e. The van der Waals surface area contributed by atoms with Gasteiger partial charge in [0.1, 0.15) is 11.3 Å². The van der Waals surface area contributed by atoms with E-state index in [0.717, 1.165) is 16.6 Å². The first-order valence-electron chi connectivity index (χ1n) is 5.03. The smallest absolute Gasteiger partial charge is 0.276 e. The highest BCUT2D eigenvalue weighted by atomic mass is 16.2. The maximum atomic E-state index is 11.4. The molecule has 0 saturated heterocycles. The number of carbonyl (C=O) groups is 1. The van der Waals surface area contributed by atoms with Gasteiger partial charge in [-0.15, -0.1) is 0 Å². The molecule has 3 rings (SSSR count). The van der Waals surface area contributed by atoms with Crippen molar-refractivity contribution < 1.29 is 4.79 Å². The Labute approximate surface area is 96.3 Å². The summed E-state index contributed by atoms with van der Waals surface area (Å²) in [5.41, 5.74) is 7.34. The number of hydrogen-bond acceptors (Lipinski definition) is 4. The lowest BCUT2D eigenvalue weighted by atomic mass is 10.2. The van der Waals surface area contributed by atoms with Crippen molar-refractivity contribution in [3.63, 3.8) is 0 Å². The van der Waals surface area contributed by atoms with Crippen LogP contribution in [0.25, 0.3) is 17.1 Å². The molecule has 0 aromatic carbocycles. The number of amides is 1. The van der Waals surface area contributed by atoms with Crippen molar-refractivity contribution in [2.45, 2.75) is 0 Å². The van der Waals surface area contributed by atoms with Crippen molar-refractivity contribution in [3.8, 4) is 0 Å². The lowest BCUT2D eigenvalue weighted by Gasteiger charge is -1.92. The van der Waals surface area contributed by atoms with Gasteiger partial charge in [0.2, 0.25) is 5.96 Å². The summed E-state index contributed by atoms with van der Waals surface area (Å²) in [6, 6.07) is 3.76. The highest BCUT2D eigenvalue weighted by Crippen LogP contribution is 2.19. The zero-order chi connectivity index (χ0) is 11.8. The number of aliphatic imine (C=N–C) groups is 1. The van der Waals surface area contributed by atoms with Gasteiger partial charge in [0.15, 0.2) is 0 Å². The molecular weight excluding hydrogens is 218 g/mol. The first-order chi connectivity index (χ1) is 8.24. The second-order valence-electron chi connectivity index (χ2n) is 3.62. The van der Waals surface area contributed by atoms with Crippen LogP contribution in [-0.2, 0) is 4.79 Å². The second-order valence-corrected chi connectivity index (χ2v) is 3.62. The number of aromatic amines is 1. The summed E-state index contributed by atoms with van der Waals surface area (Å²) < 4.78 is 0. The van der Waals surface area contributed by atoms with Crippen LogP contribution in [0.2, 0.25) is 0 Å². The number of nitrogens with two attached hydrogens (primary N) is 1. The summed E-state index contributed by atoms with van der Waals surface area (Å²) in [7, 11) is 0. The normalized spacial score (nSPS) is 17.5. The lowest BCUT2D eigenvalue weighted by molar-refractivity contribution is -0.115. The van der Waals surface area contributed by atoms with Crippen molar-refractivity contribution in [2.75, 3.05) is 0 Å². The highest BCUT2D eigenvalue weighted by molar-refractivity contribution is 6.13. The standard InChI is InChI=1S/C11H9N5O/c12-11-15-8(10(17)16-11)4-6-5-14-9-7(6)2-1-3-13-9/h1-5H,(H,13,14)(H3,12,15,16,17). The number of rotatable bonds is 1. The highest BCUT2D eigenvalue weighted by Gasteiger charge is 2.17. The zero-order valence-corrected chi connectivity index (χ0v) is 8.77. The molecule has 17 heavy (non-hydrogen) atoms. The summed E-state index contributed by atoms with van der Waals surface area (Å²) in [4.78, 5) is 22.5. The van der Waals surface area contributed by atoms with Crippen LogP contribution in [0.4, 0.5) is 0 Å². The van der Waals surface area contributed by atoms with E-state index in [4.69, 9.17) is 5.73 Å². The molecule has 0 fully saturated rings. The van der Waals surface area contributed by atoms with Crippen LogP contribution in [0, 0.1) is 0 Å². The number of nitrogens with zero attached hydrogens (tertiary/aromatic N) is 2. The van der Waals surface area contributed by atoms with Crippen molar-refractivity contribution in [3.05, 3.63) is 35.8 Å². The van der Waals surface area contributed by atoms with Gasteiger partial charge < -0.3 is 10.7 Å². The fourth-order valence-electron chi connectivity index (χ4n) is 1.73. The predicted molar refractivity (Wildman–Crippen MR) is 63.8 cm³/mol. The van der Waals surface area contributed by atoms with Gasteiger partial charge in [0.05, 0.1) is 0 Å². The number of hydrogen-bond donors (Lipinski definition) is 3. The number of aromatic nitrogens is 2. The Morgan fingerprint density at radius 2 is 2.29 bits per heavy atom. The monoisotopic (exact) mass is 227 g/mol. The molecule has 84 valence electrons. The molecule has 0 radical (unpaired) electrons. The third kappa shape index (κ3) is 1.55. The summed E-state index contributed by atoms with van der Waals surface area (Å²) in [5.74, 6) is -0.167. The molecule has 3 heterocycles. The van der Waals surface area contributed by atoms with Gasteiger partial charge in [-0.05, 0) is 18.2 Å². The van der Waals surface area contributed by atoms with Gasteiger partial charge in [-0.25, -0.2) is 9.98 Å². The number of H-pyrrole nitrogens is 1. The van der Waals surface area contributed by atoms with Crippen LogP contribution in [0.15, 0.2) is 35.2 Å². The third-order valence-corrected chi connectivity index (χ3v) is 2.49. The molecule has 0 unspecified atom stereocenters. The summed E-state index contributed by atoms with van der Waals surface area (Å²) >= 11 is 0. The number of pyridine rings is 1. The minimum absolute atomic E-state index is 0.124. The van der Waals surface area contributed by atoms with E-state index in [9.17, 15) is 4.79 Å². The predicted octanol–water partition coefficient (Wildman–Crippen LogP) is 0.348. The molecule has 0 atom stereocenters. The molecule has 2 aromatic heterocycles. The molecule has 4 N–H and O–H groups in total. The van der Waals surface area contributed by atoms with Gasteiger partial charge in [-0.2, -0.15) is 0 Å². The molecular formula is C11H9N5O. The topological polar surface area (TPSA) is 96.2 Å². The van der Waals surface area contributed by atoms with E-state index in [1.165, 1.54) is 0 Å². The maximum absolute atomic E-state index is 11.4. The Morgan fingerprint density at radius 1 is 1.41 bits per heavy atom. The largest absolute Gasteiger partial charge is 0.369 e. The van der Waals surface area contributed by atoms with E-state index in [1.807, 2.05) is 12.1 Å². The molecule has 0 aliphatic carbocycles. The Hall–Kier alpha value is -2.63. The first kappa shape index (κ1) is 9.59. The molecule has 0 bridgehead atoms. The van der Waals surface area contributed by atoms with Gasteiger partial charge >= 0.3 is 0 Å². The fraction of sp³-hybridized carbons (Fsp3) is 0. The molecule has 6 nitrogen and oxygen atoms in total. The van der Waals surface area contributed by atoms with Crippen LogP contribution in [0.5, 0.6) is 0 Å². The van der Waals surface area contributed by atoms with Crippen LogP contribution < -0.4 is 11.1 Å². The van der Waals surface area contributed by atoms with E-state index in [-0.39, 0.29) is 11.9 Å². The van der Waals surface area contributed by atoms with Crippen LogP contribution in [-0.4, -0.2) is 21.8 Å². The number of guanidine groups is 1. The van der Waals surface area contributed by atoms with Crippen LogP contribution in [0.3, 0.4) is 0 Å². The number of nitrogens with one attached hydrogen (secondary N) is 2. The molecule has 6 heteroatoms. The number of carbonyl (C=O) groups excluding carboxylic acids is 1. The Balaban J connectivity index is 2.11. The average molecular weight is 227 g/mol. The molecule has 0 spiro atoms. The van der Waals surface area contributed by atoms with E-state index >= 15 is 0 Å². The average Bonchev–Trinajstić information content (AvgIpc) is 2.85. The molecule has 1 amide bonds. The summed E-state index contributed by atoms with van der Waals surface area (Å²) in [5, 5.41) is 3.36. The lowest BCUT2D eigenvalue weighted by Crippen LogP contribution is -2.30. The molecule has 1 aliphatic rings. The van der Waals surface area contributed by atoms with Crippen molar-refractivity contribution in [2.24, 2.45) is 10.7 Å². The molecule has 1 aliphatic heterocycles. The summed E-state index contributed by atoms with van der Waals surface area (Å²) in [6.07, 6.45) is 5.16. The van der Waals surface area contributed by atoms with Gasteiger partial charge in [0.25, 0.3) is 5.91 Å². The zero-order valence-electron chi connectivity index (χ0n) is 8.77. The Kier molecular flexibility index (Phi) is 1.94. The van der Waals surface area contributed by atoms with Crippen molar-refractivity contribution in [1.29, 1.82) is 0 Å². The van der Waals surface area contributed by atoms with Gasteiger partial charge in [-0.1, -0.05) is 0 Å². The maximum Gasteiger partial charge on any atom is 0.276 e. The molecule has 0 saturated carbocycles. The van der Waals surface area contributed by atoms with Crippen molar-refractivity contribution in [1.82, 2.24) is 15.3 Å². The van der Waals surface area contributed by atoms with Crippen LogP contribution >= 0.6 is 0 Å². The van der Waals surface area contributed by atoms with Gasteiger partial charge in [-0.3, -0.25) is 10.1 Å². The Morgan fingerprint density at radius 3 is 3.06 bits per heavy atom. The second kappa shape index (κ2) is 3.44. The number of fused-ring (bicyclic) bond motifs is 1. The Bertz CT molecular complexity index is 667. The van der Waals surface area contributed by atoms with E-state index in [1.54, 1.807) is 18.5 Å². The first-order valence-corrected chi connectivity index (χ1v) is 5.03. The minimum atomic E-state index is -0.291. The molecule has 2 aromatic rings. The third-order valence-electron chi connectivity index (χ3n) is 2.49. The quantitative estimate of drug-likeness (QED) is 0.613.